The lowest BCUT2D eigenvalue weighted by molar-refractivity contribution is 0.403. The second kappa shape index (κ2) is 7.24. The standard InChI is InChI=1S/C21H16N4O3/c26-18-11-10-14(12-19(18)27)13-22-24-21-23-17-9-5-4-8-16(17)20(28)25(21)15-6-2-1-3-7-15/h1-13,26-27H,(H,23,24)/b22-13-. The molecular weight excluding hydrogens is 356 g/mol. The maximum atomic E-state index is 13.0. The van der Waals surface area contributed by atoms with Crippen LogP contribution in [0.2, 0.25) is 0 Å². The number of hydrogen-bond donors (Lipinski definition) is 3. The van der Waals surface area contributed by atoms with Gasteiger partial charge in [0, 0.05) is 0 Å². The smallest absolute Gasteiger partial charge is 0.267 e. The van der Waals surface area contributed by atoms with E-state index in [1.54, 1.807) is 24.3 Å². The van der Waals surface area contributed by atoms with Gasteiger partial charge in [0.05, 0.1) is 22.8 Å². The molecule has 0 radical (unpaired) electrons. The van der Waals surface area contributed by atoms with Gasteiger partial charge in [0.1, 0.15) is 0 Å². The quantitative estimate of drug-likeness (QED) is 0.290. The van der Waals surface area contributed by atoms with Crippen LogP contribution < -0.4 is 11.0 Å². The summed E-state index contributed by atoms with van der Waals surface area (Å²) < 4.78 is 1.45. The van der Waals surface area contributed by atoms with E-state index in [0.717, 1.165) is 0 Å². The molecule has 0 aliphatic rings. The monoisotopic (exact) mass is 372 g/mol. The van der Waals surface area contributed by atoms with Crippen molar-refractivity contribution >= 4 is 23.1 Å². The Morgan fingerprint density at radius 2 is 1.68 bits per heavy atom. The van der Waals surface area contributed by atoms with E-state index in [1.807, 2.05) is 36.4 Å². The number of aromatic hydroxyl groups is 2. The Morgan fingerprint density at radius 1 is 0.929 bits per heavy atom. The molecule has 0 amide bonds. The van der Waals surface area contributed by atoms with Gasteiger partial charge in [-0.1, -0.05) is 30.3 Å². The fraction of sp³-hybridized carbons (Fsp3) is 0. The summed E-state index contributed by atoms with van der Waals surface area (Å²) in [5.41, 5.74) is 4.37. The van der Waals surface area contributed by atoms with Crippen molar-refractivity contribution < 1.29 is 10.2 Å². The first-order valence-corrected chi connectivity index (χ1v) is 8.52. The van der Waals surface area contributed by atoms with Crippen LogP contribution in [0.1, 0.15) is 5.56 Å². The van der Waals surface area contributed by atoms with Crippen molar-refractivity contribution in [3.05, 3.63) is 88.7 Å². The largest absolute Gasteiger partial charge is 0.504 e. The lowest BCUT2D eigenvalue weighted by atomic mass is 10.2. The number of rotatable bonds is 4. The predicted octanol–water partition coefficient (Wildman–Crippen LogP) is 3.24. The number of fused-ring (bicyclic) bond motifs is 1. The highest BCUT2D eigenvalue weighted by Gasteiger charge is 2.12. The first-order chi connectivity index (χ1) is 13.6. The van der Waals surface area contributed by atoms with E-state index in [0.29, 0.717) is 22.2 Å². The zero-order chi connectivity index (χ0) is 19.5. The molecule has 0 aliphatic heterocycles. The van der Waals surface area contributed by atoms with Crippen LogP contribution in [0, 0.1) is 0 Å². The zero-order valence-corrected chi connectivity index (χ0v) is 14.6. The summed E-state index contributed by atoms with van der Waals surface area (Å²) in [6.45, 7) is 0. The summed E-state index contributed by atoms with van der Waals surface area (Å²) in [7, 11) is 0. The van der Waals surface area contributed by atoms with Gasteiger partial charge >= 0.3 is 0 Å². The number of aromatic nitrogens is 2. The molecule has 138 valence electrons. The molecule has 0 spiro atoms. The fourth-order valence-corrected chi connectivity index (χ4v) is 2.81. The topological polar surface area (TPSA) is 99.7 Å². The van der Waals surface area contributed by atoms with Crippen molar-refractivity contribution in [1.29, 1.82) is 0 Å². The normalized spacial score (nSPS) is 11.1. The van der Waals surface area contributed by atoms with Gasteiger partial charge in [-0.15, -0.1) is 0 Å². The third-order valence-corrected chi connectivity index (χ3v) is 4.17. The number of nitrogens with zero attached hydrogens (tertiary/aromatic N) is 3. The Balaban J connectivity index is 1.78. The van der Waals surface area contributed by atoms with Crippen molar-refractivity contribution in [2.45, 2.75) is 0 Å². The zero-order valence-electron chi connectivity index (χ0n) is 14.6. The number of phenols is 2. The molecule has 28 heavy (non-hydrogen) atoms. The van der Waals surface area contributed by atoms with E-state index >= 15 is 0 Å². The van der Waals surface area contributed by atoms with Gasteiger partial charge in [0.25, 0.3) is 5.56 Å². The summed E-state index contributed by atoms with van der Waals surface area (Å²) >= 11 is 0. The van der Waals surface area contributed by atoms with E-state index in [9.17, 15) is 15.0 Å². The Kier molecular flexibility index (Phi) is 4.47. The first-order valence-electron chi connectivity index (χ1n) is 8.52. The number of hydrogen-bond acceptors (Lipinski definition) is 6. The van der Waals surface area contributed by atoms with E-state index in [2.05, 4.69) is 15.5 Å². The molecule has 1 heterocycles. The fourth-order valence-electron chi connectivity index (χ4n) is 2.81. The molecular formula is C21H16N4O3. The minimum Gasteiger partial charge on any atom is -0.504 e. The van der Waals surface area contributed by atoms with Crippen molar-refractivity contribution in [3.8, 4) is 17.2 Å². The van der Waals surface area contributed by atoms with Crippen LogP contribution in [0.3, 0.4) is 0 Å². The molecule has 0 fully saturated rings. The molecule has 7 heteroatoms. The highest BCUT2D eigenvalue weighted by Crippen LogP contribution is 2.24. The molecule has 0 bridgehead atoms. The third kappa shape index (κ3) is 3.28. The van der Waals surface area contributed by atoms with Crippen LogP contribution in [0.15, 0.2) is 82.7 Å². The molecule has 0 saturated carbocycles. The van der Waals surface area contributed by atoms with E-state index in [1.165, 1.54) is 22.9 Å². The van der Waals surface area contributed by atoms with Crippen LogP contribution in [0.5, 0.6) is 11.5 Å². The molecule has 4 aromatic rings. The Bertz CT molecular complexity index is 1230. The summed E-state index contributed by atoms with van der Waals surface area (Å²) in [5, 5.41) is 23.6. The van der Waals surface area contributed by atoms with Crippen LogP contribution >= 0.6 is 0 Å². The van der Waals surface area contributed by atoms with Crippen molar-refractivity contribution in [1.82, 2.24) is 9.55 Å². The molecule has 3 aromatic carbocycles. The molecule has 0 atom stereocenters. The lowest BCUT2D eigenvalue weighted by Crippen LogP contribution is -2.22. The van der Waals surface area contributed by atoms with Crippen molar-refractivity contribution in [3.63, 3.8) is 0 Å². The molecule has 7 nitrogen and oxygen atoms in total. The van der Waals surface area contributed by atoms with E-state index in [-0.39, 0.29) is 23.0 Å². The van der Waals surface area contributed by atoms with Crippen LogP contribution in [-0.4, -0.2) is 26.0 Å². The lowest BCUT2D eigenvalue weighted by Gasteiger charge is -2.12. The number of anilines is 1. The van der Waals surface area contributed by atoms with Crippen LogP contribution in [0.25, 0.3) is 16.6 Å². The molecule has 0 unspecified atom stereocenters. The highest BCUT2D eigenvalue weighted by atomic mass is 16.3. The molecule has 4 rings (SSSR count). The molecule has 3 N–H and O–H groups in total. The number of para-hydroxylation sites is 2. The van der Waals surface area contributed by atoms with Crippen LogP contribution in [-0.2, 0) is 0 Å². The van der Waals surface area contributed by atoms with Crippen LogP contribution in [0.4, 0.5) is 5.95 Å². The van der Waals surface area contributed by atoms with Gasteiger partial charge in [-0.25, -0.2) is 15.0 Å². The van der Waals surface area contributed by atoms with Crippen molar-refractivity contribution in [2.24, 2.45) is 5.10 Å². The highest BCUT2D eigenvalue weighted by molar-refractivity contribution is 5.82. The Morgan fingerprint density at radius 3 is 2.46 bits per heavy atom. The first kappa shape index (κ1) is 17.3. The van der Waals surface area contributed by atoms with Gasteiger partial charge in [-0.05, 0) is 48.0 Å². The van der Waals surface area contributed by atoms with Gasteiger partial charge in [-0.3, -0.25) is 4.79 Å². The summed E-state index contributed by atoms with van der Waals surface area (Å²) in [4.78, 5) is 17.6. The Hall–Kier alpha value is -4.13. The number of hydrazone groups is 1. The summed E-state index contributed by atoms with van der Waals surface area (Å²) in [5.74, 6) is -0.192. The molecule has 1 aromatic heterocycles. The van der Waals surface area contributed by atoms with Gasteiger partial charge in [0.15, 0.2) is 11.5 Å². The van der Waals surface area contributed by atoms with E-state index < -0.39 is 0 Å². The second-order valence-electron chi connectivity index (χ2n) is 6.05. The third-order valence-electron chi connectivity index (χ3n) is 4.17. The maximum absolute atomic E-state index is 13.0. The van der Waals surface area contributed by atoms with Gasteiger partial charge < -0.3 is 10.2 Å². The minimum absolute atomic E-state index is 0.209. The number of benzene rings is 3. The van der Waals surface area contributed by atoms with E-state index in [4.69, 9.17) is 0 Å². The average molecular weight is 372 g/mol. The molecule has 0 saturated heterocycles. The minimum atomic E-state index is -0.242. The SMILES string of the molecule is O=c1c2ccccc2nc(N/N=C\c2ccc(O)c(O)c2)n1-c1ccccc1. The second-order valence-corrected chi connectivity index (χ2v) is 6.05. The average Bonchev–Trinajstić information content (AvgIpc) is 2.71. The van der Waals surface area contributed by atoms with Gasteiger partial charge in [-0.2, -0.15) is 5.10 Å². The molecule has 0 aliphatic carbocycles. The van der Waals surface area contributed by atoms with Gasteiger partial charge in [0.2, 0.25) is 5.95 Å². The maximum Gasteiger partial charge on any atom is 0.267 e. The summed E-state index contributed by atoms with van der Waals surface area (Å²) in [6, 6.07) is 20.6. The Labute approximate surface area is 159 Å². The number of phenolic OH excluding ortho intramolecular Hbond substituents is 2. The van der Waals surface area contributed by atoms with Crippen molar-refractivity contribution in [2.75, 3.05) is 5.43 Å². The summed E-state index contributed by atoms with van der Waals surface area (Å²) in [6.07, 6.45) is 1.45. The predicted molar refractivity (Wildman–Crippen MR) is 108 cm³/mol. The number of nitrogens with one attached hydrogen (secondary N) is 1.